The molecule has 0 fully saturated rings. The average Bonchev–Trinajstić information content (AvgIpc) is 1.67. The molecule has 0 aliphatic carbocycles. The van der Waals surface area contributed by atoms with E-state index in [4.69, 9.17) is 5.11 Å². The molecule has 0 aromatic rings. The van der Waals surface area contributed by atoms with Gasteiger partial charge in [0.2, 0.25) is 0 Å². The molecule has 0 amide bonds. The minimum absolute atomic E-state index is 1.47. The fourth-order valence-electron chi connectivity index (χ4n) is 0.0729. The Hall–Kier alpha value is -0.676. The van der Waals surface area contributed by atoms with E-state index in [0.29, 0.717) is 0 Å². The van der Waals surface area contributed by atoms with Crippen molar-refractivity contribution in [3.05, 3.63) is 0 Å². The van der Waals surface area contributed by atoms with Crippen LogP contribution in [0, 0.1) is 0 Å². The Balaban J connectivity index is 3.65. The van der Waals surface area contributed by atoms with E-state index in [1.807, 2.05) is 0 Å². The van der Waals surface area contributed by atoms with Gasteiger partial charge in [0.05, 0.1) is 0 Å². The molecule has 0 spiro atoms. The van der Waals surface area contributed by atoms with Gasteiger partial charge in [-0.15, -0.1) is 0 Å². The summed E-state index contributed by atoms with van der Waals surface area (Å²) in [6.45, 7) is 0. The molecular weight excluding hydrogens is 155 g/mol. The van der Waals surface area contributed by atoms with Gasteiger partial charge in [0.1, 0.15) is 0 Å². The van der Waals surface area contributed by atoms with Gasteiger partial charge >= 0.3 is 50.6 Å². The SMILES string of the molecule is [O]=[V][O]C(=O)C(=O)O. The maximum absolute atomic E-state index is 9.74. The number of rotatable bonds is 1. The van der Waals surface area contributed by atoms with E-state index in [-0.39, 0.29) is 0 Å². The molecule has 0 aromatic heterocycles. The molecular formula is C2HO5V. The summed E-state index contributed by atoms with van der Waals surface area (Å²) in [5.74, 6) is -3.20. The average molecular weight is 156 g/mol. The van der Waals surface area contributed by atoms with Gasteiger partial charge < -0.3 is 0 Å². The zero-order valence-corrected chi connectivity index (χ0v) is 4.92. The number of aliphatic carboxylic acids is 1. The Bertz CT molecular complexity index is 128. The second-order valence-corrected chi connectivity index (χ2v) is 1.28. The monoisotopic (exact) mass is 156 g/mol. The molecule has 0 aromatic carbocycles. The fourth-order valence-corrected chi connectivity index (χ4v) is 0.301. The van der Waals surface area contributed by atoms with Gasteiger partial charge in [-0.3, -0.25) is 0 Å². The third-order valence-corrected chi connectivity index (χ3v) is 0.670. The molecule has 0 rings (SSSR count). The molecule has 5 nitrogen and oxygen atoms in total. The van der Waals surface area contributed by atoms with Crippen molar-refractivity contribution in [1.82, 2.24) is 0 Å². The standard InChI is InChI=1S/C2H2O4.O.V/c3-1(4)2(5)6;;/h(H,3,4)(H,5,6);;/q;;+1/p-1. The molecule has 6 heteroatoms. The Labute approximate surface area is 51.3 Å². The van der Waals surface area contributed by atoms with E-state index in [9.17, 15) is 13.3 Å². The maximum atomic E-state index is 9.74. The zero-order chi connectivity index (χ0) is 6.57. The van der Waals surface area contributed by atoms with E-state index in [1.54, 1.807) is 0 Å². The summed E-state index contributed by atoms with van der Waals surface area (Å²) in [6.07, 6.45) is 0. The van der Waals surface area contributed by atoms with Crippen molar-refractivity contribution in [2.24, 2.45) is 0 Å². The van der Waals surface area contributed by atoms with Crippen molar-refractivity contribution in [3.8, 4) is 0 Å². The predicted molar refractivity (Wildman–Crippen MR) is 14.4 cm³/mol. The van der Waals surface area contributed by atoms with Crippen molar-refractivity contribution in [3.63, 3.8) is 0 Å². The van der Waals surface area contributed by atoms with Crippen molar-refractivity contribution in [2.45, 2.75) is 0 Å². The van der Waals surface area contributed by atoms with Gasteiger partial charge in [0.25, 0.3) is 0 Å². The number of carboxylic acids is 1. The van der Waals surface area contributed by atoms with Gasteiger partial charge in [-0.05, 0) is 0 Å². The molecule has 0 atom stereocenters. The van der Waals surface area contributed by atoms with Crippen LogP contribution in [0.1, 0.15) is 0 Å². The summed E-state index contributed by atoms with van der Waals surface area (Å²) in [6, 6.07) is 0. The van der Waals surface area contributed by atoms with Crippen LogP contribution in [0.5, 0.6) is 0 Å². The first-order valence-corrected chi connectivity index (χ1v) is 2.59. The third-order valence-electron chi connectivity index (χ3n) is 0.295. The van der Waals surface area contributed by atoms with Gasteiger partial charge in [-0.25, -0.2) is 0 Å². The van der Waals surface area contributed by atoms with Crippen LogP contribution in [0.3, 0.4) is 0 Å². The molecule has 0 heterocycles. The zero-order valence-electron chi connectivity index (χ0n) is 3.53. The van der Waals surface area contributed by atoms with Crippen LogP contribution in [0.25, 0.3) is 0 Å². The van der Waals surface area contributed by atoms with Gasteiger partial charge in [0, 0.05) is 0 Å². The minimum atomic E-state index is -1.83. The van der Waals surface area contributed by atoms with E-state index in [0.717, 1.165) is 0 Å². The van der Waals surface area contributed by atoms with Gasteiger partial charge in [-0.2, -0.15) is 0 Å². The molecule has 0 bridgehead atoms. The van der Waals surface area contributed by atoms with Crippen molar-refractivity contribution in [2.75, 3.05) is 0 Å². The molecule has 44 valence electrons. The molecule has 0 radical (unpaired) electrons. The number of carbonyl (C=O) groups is 2. The fraction of sp³-hybridized carbons (Fsp3) is 0. The topological polar surface area (TPSA) is 80.7 Å². The summed E-state index contributed by atoms with van der Waals surface area (Å²) in [4.78, 5) is 19.2. The molecule has 0 saturated heterocycles. The first kappa shape index (κ1) is 7.32. The molecule has 0 unspecified atom stereocenters. The van der Waals surface area contributed by atoms with E-state index >= 15 is 0 Å². The molecule has 8 heavy (non-hydrogen) atoms. The Morgan fingerprint density at radius 2 is 2.00 bits per heavy atom. The number of hydrogen-bond acceptors (Lipinski definition) is 4. The Kier molecular flexibility index (Phi) is 3.06. The normalized spacial score (nSPS) is 7.50. The van der Waals surface area contributed by atoms with Gasteiger partial charge in [-0.1, -0.05) is 0 Å². The summed E-state index contributed by atoms with van der Waals surface area (Å²) in [7, 11) is 0. The summed E-state index contributed by atoms with van der Waals surface area (Å²) < 4.78 is 13.0. The van der Waals surface area contributed by atoms with Crippen molar-refractivity contribution < 1.29 is 38.6 Å². The van der Waals surface area contributed by atoms with E-state index < -0.39 is 28.5 Å². The predicted octanol–water partition coefficient (Wildman–Crippen LogP) is -1.04. The summed E-state index contributed by atoms with van der Waals surface area (Å²) in [5, 5.41) is 7.71. The first-order chi connectivity index (χ1) is 3.68. The number of hydrogen-bond donors (Lipinski definition) is 1. The van der Waals surface area contributed by atoms with Crippen LogP contribution in [0.15, 0.2) is 0 Å². The second kappa shape index (κ2) is 3.34. The second-order valence-electron chi connectivity index (χ2n) is 0.758. The molecule has 0 aliphatic rings. The van der Waals surface area contributed by atoms with Crippen LogP contribution >= 0.6 is 0 Å². The van der Waals surface area contributed by atoms with Crippen LogP contribution in [-0.2, 0) is 33.5 Å². The number of carbonyl (C=O) groups excluding carboxylic acids is 1. The molecule has 1 N–H and O–H groups in total. The van der Waals surface area contributed by atoms with Crippen LogP contribution in [-0.4, -0.2) is 17.0 Å². The van der Waals surface area contributed by atoms with E-state index in [2.05, 4.69) is 3.66 Å². The first-order valence-electron chi connectivity index (χ1n) is 1.45. The van der Waals surface area contributed by atoms with Crippen molar-refractivity contribution >= 4 is 11.9 Å². The van der Waals surface area contributed by atoms with Crippen LogP contribution in [0.2, 0.25) is 0 Å². The Morgan fingerprint density at radius 3 is 2.12 bits per heavy atom. The molecule has 0 saturated carbocycles. The summed E-state index contributed by atoms with van der Waals surface area (Å²) in [5.41, 5.74) is 0. The number of carboxylic acid groups (broad SMARTS) is 1. The summed E-state index contributed by atoms with van der Waals surface area (Å²) >= 11 is -1.83. The third kappa shape index (κ3) is 2.49. The quantitative estimate of drug-likeness (QED) is 0.490. The van der Waals surface area contributed by atoms with Crippen LogP contribution in [0.4, 0.5) is 0 Å². The van der Waals surface area contributed by atoms with Gasteiger partial charge in [0.15, 0.2) is 0 Å². The van der Waals surface area contributed by atoms with E-state index in [1.165, 1.54) is 0 Å². The molecule has 0 aliphatic heterocycles. The van der Waals surface area contributed by atoms with Crippen LogP contribution < -0.4 is 0 Å². The Morgan fingerprint density at radius 1 is 1.50 bits per heavy atom. The van der Waals surface area contributed by atoms with Crippen molar-refractivity contribution in [1.29, 1.82) is 0 Å².